The van der Waals surface area contributed by atoms with Crippen LogP contribution in [0.15, 0.2) is 45.7 Å². The van der Waals surface area contributed by atoms with Crippen molar-refractivity contribution in [3.05, 3.63) is 56.9 Å². The summed E-state index contributed by atoms with van der Waals surface area (Å²) in [7, 11) is -13.1. The Balaban J connectivity index is 0.000000355. The van der Waals surface area contributed by atoms with Gasteiger partial charge in [0.2, 0.25) is 0 Å². The van der Waals surface area contributed by atoms with E-state index in [1.807, 2.05) is 0 Å². The molecule has 1 aromatic rings. The molecule has 266 valence electrons. The summed E-state index contributed by atoms with van der Waals surface area (Å²) in [6, 6.07) is 5.69. The van der Waals surface area contributed by atoms with Gasteiger partial charge in [0.15, 0.2) is 0 Å². The number of nitrogens with one attached hydrogen (secondary N) is 1. The normalized spacial score (nSPS) is 15.5. The number of rotatable bonds is 16. The molecule has 0 saturated carbocycles. The first kappa shape index (κ1) is 40.7. The topological polar surface area (TPSA) is 92.1 Å². The lowest BCUT2D eigenvalue weighted by Gasteiger charge is -2.39. The number of nitrogens with zero attached hydrogens (tertiary/aromatic N) is 1. The molecular formula is C33H47F6N2O4S2+. The molecule has 0 aromatic heterocycles. The number of hydrogen-bond donors (Lipinski definition) is 1. The quantitative estimate of drug-likeness (QED) is 0.105. The third kappa shape index (κ3) is 9.59. The molecule has 0 unspecified atom stereocenters. The van der Waals surface area contributed by atoms with Gasteiger partial charge >= 0.3 is 11.0 Å². The Bertz CT molecular complexity index is 1540. The molecule has 0 aliphatic heterocycles. The first-order chi connectivity index (χ1) is 21.8. The molecule has 0 radical (unpaired) electrons. The molecule has 2 aliphatic rings. The summed E-state index contributed by atoms with van der Waals surface area (Å²) in [5.74, 6) is 0. The van der Waals surface area contributed by atoms with Crippen LogP contribution >= 0.6 is 0 Å². The fourth-order valence-corrected chi connectivity index (χ4v) is 8.59. The van der Waals surface area contributed by atoms with Gasteiger partial charge in [0.1, 0.15) is 4.91 Å². The maximum absolute atomic E-state index is 13.0. The van der Waals surface area contributed by atoms with E-state index >= 15 is 0 Å². The van der Waals surface area contributed by atoms with Crippen LogP contribution in [0.1, 0.15) is 103 Å². The van der Waals surface area contributed by atoms with Crippen LogP contribution in [0.2, 0.25) is 0 Å². The number of sulfone groups is 2. The Kier molecular flexibility index (Phi) is 14.5. The number of quaternary nitrogens is 1. The smallest absolute Gasteiger partial charge is 0.324 e. The summed E-state index contributed by atoms with van der Waals surface area (Å²) in [6.07, 6.45) is 15.4. The highest BCUT2D eigenvalue weighted by Gasteiger charge is 2.57. The standard InChI is InChI=1S/C18H40N.C15H7F6NO4S2/c1-5-9-11-13-17-19(15-7-3,16-8-4)18-14-12-10-6-2;16-14(17,18)27(23,24)11-6-9-8-4-2-1-3-7(8)5-10(9)12(22)13(11)28(25,26)15(19,20)21/h5-18H2,1-4H3;1-6,22H/q+1;. The van der Waals surface area contributed by atoms with Crippen molar-refractivity contribution in [3.63, 3.8) is 0 Å². The monoisotopic (exact) mass is 713 g/mol. The number of benzene rings is 1. The van der Waals surface area contributed by atoms with Crippen molar-refractivity contribution in [1.82, 2.24) is 0 Å². The Morgan fingerprint density at radius 3 is 1.55 bits per heavy atom. The molecule has 0 heterocycles. The Hall–Kier alpha value is -2.45. The first-order valence-electron chi connectivity index (χ1n) is 16.2. The lowest BCUT2D eigenvalue weighted by Crippen LogP contribution is -2.50. The zero-order chi connectivity index (χ0) is 35.7. The van der Waals surface area contributed by atoms with E-state index in [2.05, 4.69) is 27.7 Å². The van der Waals surface area contributed by atoms with Gasteiger partial charge < -0.3 is 4.48 Å². The first-order valence-corrected chi connectivity index (χ1v) is 19.2. The molecule has 6 nitrogen and oxygen atoms in total. The molecule has 1 N–H and O–H groups in total. The van der Waals surface area contributed by atoms with Crippen molar-refractivity contribution in [3.8, 4) is 0 Å². The van der Waals surface area contributed by atoms with Crippen molar-refractivity contribution in [2.75, 3.05) is 26.2 Å². The molecule has 0 saturated heterocycles. The van der Waals surface area contributed by atoms with Crippen molar-refractivity contribution in [2.45, 2.75) is 103 Å². The summed E-state index contributed by atoms with van der Waals surface area (Å²) in [6.45, 7) is 15.0. The third-order valence-corrected chi connectivity index (χ3v) is 11.6. The van der Waals surface area contributed by atoms with E-state index in [4.69, 9.17) is 5.41 Å². The van der Waals surface area contributed by atoms with E-state index in [0.717, 1.165) is 6.08 Å². The highest BCUT2D eigenvalue weighted by Crippen LogP contribution is 2.47. The van der Waals surface area contributed by atoms with Crippen molar-refractivity contribution in [2.24, 2.45) is 0 Å². The van der Waals surface area contributed by atoms with E-state index in [9.17, 15) is 43.2 Å². The summed E-state index contributed by atoms with van der Waals surface area (Å²) in [5, 5.41) is 7.82. The largest absolute Gasteiger partial charge is 0.502 e. The molecule has 3 rings (SSSR count). The van der Waals surface area contributed by atoms with Gasteiger partial charge in [-0.3, -0.25) is 5.41 Å². The second kappa shape index (κ2) is 16.8. The molecule has 47 heavy (non-hydrogen) atoms. The summed E-state index contributed by atoms with van der Waals surface area (Å²) < 4.78 is 127. The molecule has 0 fully saturated rings. The van der Waals surface area contributed by atoms with Crippen LogP contribution in [-0.4, -0.2) is 64.2 Å². The Labute approximate surface area is 275 Å². The lowest BCUT2D eigenvalue weighted by atomic mass is 9.95. The molecular weight excluding hydrogens is 666 g/mol. The van der Waals surface area contributed by atoms with E-state index in [0.29, 0.717) is 0 Å². The minimum absolute atomic E-state index is 0.153. The average molecular weight is 714 g/mol. The van der Waals surface area contributed by atoms with Gasteiger partial charge in [0.25, 0.3) is 19.7 Å². The predicted molar refractivity (Wildman–Crippen MR) is 176 cm³/mol. The van der Waals surface area contributed by atoms with Crippen molar-refractivity contribution in [1.29, 1.82) is 5.41 Å². The number of alkyl halides is 6. The molecule has 0 bridgehead atoms. The van der Waals surface area contributed by atoms with Crippen LogP contribution < -0.4 is 0 Å². The second-order valence-corrected chi connectivity index (χ2v) is 15.8. The predicted octanol–water partition coefficient (Wildman–Crippen LogP) is 9.36. The fraction of sp³-hybridized carbons (Fsp3) is 0.606. The molecule has 2 aliphatic carbocycles. The zero-order valence-electron chi connectivity index (χ0n) is 27.5. The number of unbranched alkanes of at least 4 members (excludes halogenated alkanes) is 6. The highest BCUT2D eigenvalue weighted by molar-refractivity contribution is 8.00. The van der Waals surface area contributed by atoms with Gasteiger partial charge in [-0.1, -0.05) is 77.6 Å². The van der Waals surface area contributed by atoms with Crippen LogP contribution in [0.25, 0.3) is 11.6 Å². The van der Waals surface area contributed by atoms with Crippen molar-refractivity contribution < 1.29 is 47.7 Å². The van der Waals surface area contributed by atoms with Crippen molar-refractivity contribution >= 4 is 37.0 Å². The van der Waals surface area contributed by atoms with Crippen LogP contribution in [0.3, 0.4) is 0 Å². The average Bonchev–Trinajstić information content (AvgIpc) is 3.36. The number of halogens is 6. The van der Waals surface area contributed by atoms with E-state index in [1.54, 1.807) is 0 Å². The van der Waals surface area contributed by atoms with E-state index in [1.165, 1.54) is 119 Å². The maximum Gasteiger partial charge on any atom is 0.502 e. The van der Waals surface area contributed by atoms with Gasteiger partial charge in [0.05, 0.1) is 36.8 Å². The minimum atomic E-state index is -6.58. The minimum Gasteiger partial charge on any atom is -0.324 e. The molecule has 0 atom stereocenters. The van der Waals surface area contributed by atoms with Crippen LogP contribution in [0.5, 0.6) is 0 Å². The third-order valence-electron chi connectivity index (χ3n) is 8.37. The second-order valence-electron chi connectivity index (χ2n) is 12.0. The number of allylic oxidation sites excluding steroid dienone is 4. The van der Waals surface area contributed by atoms with Gasteiger partial charge in [-0.15, -0.1) is 0 Å². The van der Waals surface area contributed by atoms with Gasteiger partial charge in [-0.05, 0) is 67.4 Å². The zero-order valence-corrected chi connectivity index (χ0v) is 29.2. The lowest BCUT2D eigenvalue weighted by molar-refractivity contribution is -0.928. The molecule has 1 aromatic carbocycles. The fourth-order valence-electron chi connectivity index (χ4n) is 6.13. The van der Waals surface area contributed by atoms with Crippen LogP contribution in [-0.2, 0) is 19.7 Å². The Morgan fingerprint density at radius 2 is 1.11 bits per heavy atom. The van der Waals surface area contributed by atoms with E-state index in [-0.39, 0.29) is 22.8 Å². The Morgan fingerprint density at radius 1 is 0.617 bits per heavy atom. The van der Waals surface area contributed by atoms with Gasteiger partial charge in [-0.25, -0.2) is 16.8 Å². The summed E-state index contributed by atoms with van der Waals surface area (Å²) in [4.78, 5) is -4.38. The van der Waals surface area contributed by atoms with E-state index < -0.39 is 51.8 Å². The summed E-state index contributed by atoms with van der Waals surface area (Å²) in [5.41, 5.74) is -13.9. The molecule has 0 spiro atoms. The molecule has 0 amide bonds. The highest BCUT2D eigenvalue weighted by atomic mass is 32.2. The molecule has 14 heteroatoms. The van der Waals surface area contributed by atoms with Crippen LogP contribution in [0.4, 0.5) is 26.3 Å². The number of hydrogen-bond acceptors (Lipinski definition) is 5. The van der Waals surface area contributed by atoms with Gasteiger partial charge in [0, 0.05) is 5.57 Å². The van der Waals surface area contributed by atoms with Gasteiger partial charge in [-0.2, -0.15) is 26.3 Å². The number of fused-ring (bicyclic) bond motifs is 3. The van der Waals surface area contributed by atoms with Crippen LogP contribution in [0, 0.1) is 5.41 Å². The maximum atomic E-state index is 13.0. The summed E-state index contributed by atoms with van der Waals surface area (Å²) >= 11 is 0. The SMILES string of the molecule is CCCCCC[N+](CCC)(CCC)CCCCCC.N=C1C2=Cc3ccccc3C2=CC(S(=O)(=O)C(F)(F)F)=C1S(=O)(=O)C(F)(F)F.